The maximum atomic E-state index is 5.74. The number of methoxy groups -OCH3 is 1. The fourth-order valence-electron chi connectivity index (χ4n) is 2.50. The van der Waals surface area contributed by atoms with Crippen LogP contribution in [0.15, 0.2) is 12.1 Å². The Hall–Kier alpha value is -1.06. The minimum atomic E-state index is 0.243. The van der Waals surface area contributed by atoms with Gasteiger partial charge in [-0.2, -0.15) is 0 Å². The fourth-order valence-corrected chi connectivity index (χ4v) is 2.50. The molecule has 1 aromatic carbocycles. The number of hydrazine groups is 1. The van der Waals surface area contributed by atoms with Crippen molar-refractivity contribution in [3.05, 3.63) is 28.8 Å². The van der Waals surface area contributed by atoms with Crippen LogP contribution in [0.1, 0.15) is 42.5 Å². The lowest BCUT2D eigenvalue weighted by Gasteiger charge is -2.25. The standard InChI is InChI=1S/C14H22N2O/c1-9-8-12(17-4)10(2)7-11(9)13(16-15)14(3)5-6-14/h7-8,13,16H,5-6,15H2,1-4H3. The number of nitrogens with one attached hydrogen (secondary N) is 1. The molecule has 1 fully saturated rings. The zero-order valence-electron chi connectivity index (χ0n) is 11.1. The Kier molecular flexibility index (Phi) is 3.15. The molecule has 1 aliphatic carbocycles. The number of hydrogen-bond acceptors (Lipinski definition) is 3. The van der Waals surface area contributed by atoms with E-state index >= 15 is 0 Å². The van der Waals surface area contributed by atoms with E-state index in [1.54, 1.807) is 7.11 Å². The monoisotopic (exact) mass is 234 g/mol. The van der Waals surface area contributed by atoms with Gasteiger partial charge in [0.25, 0.3) is 0 Å². The maximum absolute atomic E-state index is 5.74. The first-order chi connectivity index (χ1) is 8.01. The number of hydrogen-bond donors (Lipinski definition) is 2. The summed E-state index contributed by atoms with van der Waals surface area (Å²) in [4.78, 5) is 0. The fraction of sp³-hybridized carbons (Fsp3) is 0.571. The predicted molar refractivity (Wildman–Crippen MR) is 69.9 cm³/mol. The molecule has 1 aromatic rings. The largest absolute Gasteiger partial charge is 0.496 e. The Morgan fingerprint density at radius 3 is 2.41 bits per heavy atom. The van der Waals surface area contributed by atoms with E-state index in [0.29, 0.717) is 5.41 Å². The molecule has 94 valence electrons. The van der Waals surface area contributed by atoms with Gasteiger partial charge in [0, 0.05) is 0 Å². The van der Waals surface area contributed by atoms with Gasteiger partial charge >= 0.3 is 0 Å². The summed E-state index contributed by atoms with van der Waals surface area (Å²) < 4.78 is 5.34. The van der Waals surface area contributed by atoms with E-state index in [-0.39, 0.29) is 6.04 Å². The van der Waals surface area contributed by atoms with Crippen molar-refractivity contribution in [2.45, 2.75) is 39.7 Å². The van der Waals surface area contributed by atoms with Gasteiger partial charge in [-0.25, -0.2) is 0 Å². The van der Waals surface area contributed by atoms with Crippen molar-refractivity contribution in [3.8, 4) is 5.75 Å². The highest BCUT2D eigenvalue weighted by molar-refractivity contribution is 5.43. The Morgan fingerprint density at radius 2 is 1.94 bits per heavy atom. The second kappa shape index (κ2) is 4.31. The molecule has 2 rings (SSSR count). The van der Waals surface area contributed by atoms with Crippen LogP contribution in [0.4, 0.5) is 0 Å². The molecule has 0 bridgehead atoms. The van der Waals surface area contributed by atoms with Gasteiger partial charge in [0.1, 0.15) is 5.75 Å². The smallest absolute Gasteiger partial charge is 0.122 e. The van der Waals surface area contributed by atoms with Crippen LogP contribution in [0.3, 0.4) is 0 Å². The van der Waals surface area contributed by atoms with Crippen molar-refractivity contribution >= 4 is 0 Å². The lowest BCUT2D eigenvalue weighted by molar-refractivity contribution is 0.369. The first-order valence-corrected chi connectivity index (χ1v) is 6.13. The topological polar surface area (TPSA) is 47.3 Å². The van der Waals surface area contributed by atoms with E-state index in [1.807, 2.05) is 0 Å². The minimum Gasteiger partial charge on any atom is -0.496 e. The summed E-state index contributed by atoms with van der Waals surface area (Å²) in [5, 5.41) is 0. The van der Waals surface area contributed by atoms with Crippen LogP contribution in [0.2, 0.25) is 0 Å². The summed E-state index contributed by atoms with van der Waals surface area (Å²) in [7, 11) is 1.71. The summed E-state index contributed by atoms with van der Waals surface area (Å²) in [6, 6.07) is 4.54. The van der Waals surface area contributed by atoms with Crippen LogP contribution in [-0.4, -0.2) is 7.11 Å². The number of ether oxygens (including phenoxy) is 1. The summed E-state index contributed by atoms with van der Waals surface area (Å²) in [5.74, 6) is 6.69. The molecule has 0 heterocycles. The number of aryl methyl sites for hydroxylation is 2. The zero-order chi connectivity index (χ0) is 12.6. The van der Waals surface area contributed by atoms with Crippen molar-refractivity contribution in [1.82, 2.24) is 5.43 Å². The summed E-state index contributed by atoms with van der Waals surface area (Å²) in [6.45, 7) is 6.48. The molecule has 0 amide bonds. The molecule has 0 spiro atoms. The summed E-state index contributed by atoms with van der Waals surface area (Å²) >= 11 is 0. The SMILES string of the molecule is COc1cc(C)c(C(NN)C2(C)CC2)cc1C. The second-order valence-corrected chi connectivity index (χ2v) is 5.43. The Morgan fingerprint density at radius 1 is 1.29 bits per heavy atom. The van der Waals surface area contributed by atoms with Crippen molar-refractivity contribution in [2.24, 2.45) is 11.3 Å². The molecule has 3 nitrogen and oxygen atoms in total. The Labute approximate surface area is 103 Å². The highest BCUT2D eigenvalue weighted by Crippen LogP contribution is 2.54. The highest BCUT2D eigenvalue weighted by Gasteiger charge is 2.45. The van der Waals surface area contributed by atoms with Crippen molar-refractivity contribution in [2.75, 3.05) is 7.11 Å². The quantitative estimate of drug-likeness (QED) is 0.622. The van der Waals surface area contributed by atoms with E-state index in [4.69, 9.17) is 10.6 Å². The average molecular weight is 234 g/mol. The van der Waals surface area contributed by atoms with Crippen LogP contribution in [0, 0.1) is 19.3 Å². The summed E-state index contributed by atoms with van der Waals surface area (Å²) in [5.41, 5.74) is 7.01. The van der Waals surface area contributed by atoms with E-state index < -0.39 is 0 Å². The molecular weight excluding hydrogens is 212 g/mol. The highest BCUT2D eigenvalue weighted by atomic mass is 16.5. The third kappa shape index (κ3) is 2.17. The van der Waals surface area contributed by atoms with E-state index in [9.17, 15) is 0 Å². The van der Waals surface area contributed by atoms with Gasteiger partial charge in [-0.1, -0.05) is 13.0 Å². The van der Waals surface area contributed by atoms with Crippen LogP contribution in [-0.2, 0) is 0 Å². The zero-order valence-corrected chi connectivity index (χ0v) is 11.1. The van der Waals surface area contributed by atoms with Gasteiger partial charge in [0.05, 0.1) is 13.2 Å². The van der Waals surface area contributed by atoms with Gasteiger partial charge in [0.15, 0.2) is 0 Å². The Balaban J connectivity index is 2.40. The minimum absolute atomic E-state index is 0.243. The van der Waals surface area contributed by atoms with Gasteiger partial charge in [-0.15, -0.1) is 0 Å². The molecule has 0 radical (unpaired) electrons. The second-order valence-electron chi connectivity index (χ2n) is 5.43. The van der Waals surface area contributed by atoms with E-state index in [1.165, 1.54) is 24.0 Å². The van der Waals surface area contributed by atoms with Crippen molar-refractivity contribution in [1.29, 1.82) is 0 Å². The first-order valence-electron chi connectivity index (χ1n) is 6.13. The third-order valence-electron chi connectivity index (χ3n) is 4.00. The number of nitrogens with two attached hydrogens (primary N) is 1. The molecule has 1 atom stereocenters. The lowest BCUT2D eigenvalue weighted by atomic mass is 9.88. The van der Waals surface area contributed by atoms with Gasteiger partial charge in [0.2, 0.25) is 0 Å². The Bertz CT molecular complexity index is 424. The molecule has 1 unspecified atom stereocenters. The molecule has 0 saturated heterocycles. The first kappa shape index (κ1) is 12.4. The molecule has 1 aliphatic rings. The van der Waals surface area contributed by atoms with Gasteiger partial charge in [-0.05, 0) is 54.9 Å². The third-order valence-corrected chi connectivity index (χ3v) is 4.00. The van der Waals surface area contributed by atoms with Crippen molar-refractivity contribution in [3.63, 3.8) is 0 Å². The molecule has 17 heavy (non-hydrogen) atoms. The molecule has 0 aromatic heterocycles. The van der Waals surface area contributed by atoms with Crippen LogP contribution >= 0.6 is 0 Å². The average Bonchev–Trinajstić information content (AvgIpc) is 3.02. The van der Waals surface area contributed by atoms with E-state index in [0.717, 1.165) is 11.3 Å². The number of rotatable bonds is 4. The van der Waals surface area contributed by atoms with Crippen molar-refractivity contribution < 1.29 is 4.74 Å². The van der Waals surface area contributed by atoms with Crippen LogP contribution in [0.25, 0.3) is 0 Å². The molecule has 0 aliphatic heterocycles. The molecular formula is C14H22N2O. The number of benzene rings is 1. The maximum Gasteiger partial charge on any atom is 0.122 e. The van der Waals surface area contributed by atoms with Crippen LogP contribution in [0.5, 0.6) is 5.75 Å². The van der Waals surface area contributed by atoms with Gasteiger partial charge in [-0.3, -0.25) is 11.3 Å². The predicted octanol–water partition coefficient (Wildman–Crippen LogP) is 2.62. The summed E-state index contributed by atoms with van der Waals surface area (Å²) in [6.07, 6.45) is 2.48. The van der Waals surface area contributed by atoms with Crippen LogP contribution < -0.4 is 16.0 Å². The molecule has 3 heteroatoms. The van der Waals surface area contributed by atoms with Gasteiger partial charge < -0.3 is 4.74 Å². The van der Waals surface area contributed by atoms with E-state index in [2.05, 4.69) is 38.3 Å². The molecule has 1 saturated carbocycles. The molecule has 3 N–H and O–H groups in total. The normalized spacial score (nSPS) is 18.9. The lowest BCUT2D eigenvalue weighted by Crippen LogP contribution is -2.34.